The monoisotopic (exact) mass is 438 g/mol. The third-order valence-electron chi connectivity index (χ3n) is 4.32. The Morgan fingerprint density at radius 2 is 1.47 bits per heavy atom. The number of hydrogen-bond donors (Lipinski definition) is 2. The standard InChI is InChI=1S/C24H23ClN2O2S/c1-2-6-22(28)26-19-13-15-21(16-14-19)30-23(17-7-4-3-5-8-17)24(29)27-20-11-9-18(25)10-12-20/h3-5,7-16,23H,2,6H2,1H3,(H,26,28)(H,27,29). The predicted octanol–water partition coefficient (Wildman–Crippen LogP) is 6.55. The summed E-state index contributed by atoms with van der Waals surface area (Å²) in [5, 5.41) is 6.03. The first-order chi connectivity index (χ1) is 14.5. The number of benzene rings is 3. The average molecular weight is 439 g/mol. The van der Waals surface area contributed by atoms with Crippen molar-refractivity contribution >= 4 is 46.6 Å². The van der Waals surface area contributed by atoms with Crippen LogP contribution in [0.25, 0.3) is 0 Å². The number of hydrogen-bond acceptors (Lipinski definition) is 3. The Kier molecular flexibility index (Phi) is 7.94. The molecule has 3 aromatic carbocycles. The summed E-state index contributed by atoms with van der Waals surface area (Å²) in [7, 11) is 0. The highest BCUT2D eigenvalue weighted by atomic mass is 35.5. The Bertz CT molecular complexity index is 976. The summed E-state index contributed by atoms with van der Waals surface area (Å²) in [6.45, 7) is 1.97. The van der Waals surface area contributed by atoms with E-state index in [0.717, 1.165) is 22.6 Å². The third-order valence-corrected chi connectivity index (χ3v) is 5.84. The highest BCUT2D eigenvalue weighted by Gasteiger charge is 2.22. The lowest BCUT2D eigenvalue weighted by Crippen LogP contribution is -2.19. The van der Waals surface area contributed by atoms with Crippen molar-refractivity contribution in [1.82, 2.24) is 0 Å². The lowest BCUT2D eigenvalue weighted by molar-refractivity contribution is -0.116. The topological polar surface area (TPSA) is 58.2 Å². The lowest BCUT2D eigenvalue weighted by atomic mass is 10.1. The van der Waals surface area contributed by atoms with Gasteiger partial charge in [0.05, 0.1) is 0 Å². The molecule has 30 heavy (non-hydrogen) atoms. The largest absolute Gasteiger partial charge is 0.326 e. The van der Waals surface area contributed by atoms with Gasteiger partial charge in [0.25, 0.3) is 0 Å². The predicted molar refractivity (Wildman–Crippen MR) is 125 cm³/mol. The number of amides is 2. The second-order valence-electron chi connectivity index (χ2n) is 6.73. The molecule has 1 unspecified atom stereocenters. The summed E-state index contributed by atoms with van der Waals surface area (Å²) in [6.07, 6.45) is 1.30. The van der Waals surface area contributed by atoms with Crippen molar-refractivity contribution in [2.24, 2.45) is 0 Å². The molecule has 0 aliphatic rings. The van der Waals surface area contributed by atoms with Crippen molar-refractivity contribution in [3.63, 3.8) is 0 Å². The Labute approximate surface area is 186 Å². The van der Waals surface area contributed by atoms with Gasteiger partial charge < -0.3 is 10.6 Å². The van der Waals surface area contributed by atoms with Crippen molar-refractivity contribution in [3.8, 4) is 0 Å². The fourth-order valence-electron chi connectivity index (χ4n) is 2.85. The molecular weight excluding hydrogens is 416 g/mol. The zero-order valence-electron chi connectivity index (χ0n) is 16.6. The second-order valence-corrected chi connectivity index (χ2v) is 8.34. The fraction of sp³-hybridized carbons (Fsp3) is 0.167. The number of rotatable bonds is 8. The first kappa shape index (κ1) is 21.9. The number of nitrogens with one attached hydrogen (secondary N) is 2. The van der Waals surface area contributed by atoms with Crippen LogP contribution in [0.15, 0.2) is 83.8 Å². The van der Waals surface area contributed by atoms with Crippen molar-refractivity contribution in [2.75, 3.05) is 10.6 Å². The van der Waals surface area contributed by atoms with E-state index in [1.165, 1.54) is 11.8 Å². The van der Waals surface area contributed by atoms with E-state index in [-0.39, 0.29) is 11.8 Å². The van der Waals surface area contributed by atoms with Crippen molar-refractivity contribution < 1.29 is 9.59 Å². The summed E-state index contributed by atoms with van der Waals surface area (Å²) in [6, 6.07) is 24.2. The van der Waals surface area contributed by atoms with E-state index in [0.29, 0.717) is 17.1 Å². The highest BCUT2D eigenvalue weighted by Crippen LogP contribution is 2.36. The molecule has 6 heteroatoms. The molecule has 1 atom stereocenters. The number of thioether (sulfide) groups is 1. The minimum atomic E-state index is -0.428. The number of carbonyl (C=O) groups excluding carboxylic acids is 2. The quantitative estimate of drug-likeness (QED) is 0.392. The normalized spacial score (nSPS) is 11.5. The van der Waals surface area contributed by atoms with Crippen LogP contribution in [0.4, 0.5) is 11.4 Å². The van der Waals surface area contributed by atoms with Gasteiger partial charge in [0.2, 0.25) is 11.8 Å². The zero-order valence-corrected chi connectivity index (χ0v) is 18.2. The van der Waals surface area contributed by atoms with Crippen LogP contribution < -0.4 is 10.6 Å². The molecule has 0 aliphatic heterocycles. The average Bonchev–Trinajstić information content (AvgIpc) is 2.75. The van der Waals surface area contributed by atoms with Gasteiger partial charge in [0.15, 0.2) is 0 Å². The highest BCUT2D eigenvalue weighted by molar-refractivity contribution is 8.00. The molecule has 0 saturated heterocycles. The molecule has 0 bridgehead atoms. The van der Waals surface area contributed by atoms with Crippen LogP contribution >= 0.6 is 23.4 Å². The van der Waals surface area contributed by atoms with Crippen LogP contribution in [0.2, 0.25) is 5.02 Å². The van der Waals surface area contributed by atoms with Gasteiger partial charge in [0.1, 0.15) is 5.25 Å². The van der Waals surface area contributed by atoms with Gasteiger partial charge in [-0.2, -0.15) is 0 Å². The molecule has 3 aromatic rings. The van der Waals surface area contributed by atoms with Crippen LogP contribution in [0.1, 0.15) is 30.6 Å². The molecule has 154 valence electrons. The van der Waals surface area contributed by atoms with Crippen molar-refractivity contribution in [1.29, 1.82) is 0 Å². The summed E-state index contributed by atoms with van der Waals surface area (Å²) < 4.78 is 0. The van der Waals surface area contributed by atoms with Crippen LogP contribution in [0.3, 0.4) is 0 Å². The molecule has 2 N–H and O–H groups in total. The van der Waals surface area contributed by atoms with E-state index in [4.69, 9.17) is 11.6 Å². The molecule has 0 aliphatic carbocycles. The summed E-state index contributed by atoms with van der Waals surface area (Å²) >= 11 is 7.39. The SMILES string of the molecule is CCCC(=O)Nc1ccc(SC(C(=O)Nc2ccc(Cl)cc2)c2ccccc2)cc1. The Morgan fingerprint density at radius 1 is 0.867 bits per heavy atom. The molecule has 4 nitrogen and oxygen atoms in total. The Balaban J connectivity index is 1.75. The molecule has 0 aromatic heterocycles. The summed E-state index contributed by atoms with van der Waals surface area (Å²) in [5.41, 5.74) is 2.36. The van der Waals surface area contributed by atoms with Gasteiger partial charge in [-0.3, -0.25) is 9.59 Å². The molecule has 0 radical (unpaired) electrons. The lowest BCUT2D eigenvalue weighted by Gasteiger charge is -2.17. The van der Waals surface area contributed by atoms with Gasteiger partial charge in [-0.15, -0.1) is 11.8 Å². The third kappa shape index (κ3) is 6.37. The summed E-state index contributed by atoms with van der Waals surface area (Å²) in [4.78, 5) is 25.8. The van der Waals surface area contributed by atoms with Crippen molar-refractivity contribution in [2.45, 2.75) is 29.9 Å². The fourth-order valence-corrected chi connectivity index (χ4v) is 4.00. The number of carbonyl (C=O) groups is 2. The minimum absolute atomic E-state index is 0.00223. The number of anilines is 2. The van der Waals surface area contributed by atoms with Gasteiger partial charge in [0, 0.05) is 27.7 Å². The van der Waals surface area contributed by atoms with Crippen LogP contribution in [0, 0.1) is 0 Å². The van der Waals surface area contributed by atoms with Gasteiger partial charge in [-0.1, -0.05) is 48.9 Å². The van der Waals surface area contributed by atoms with E-state index < -0.39 is 5.25 Å². The first-order valence-electron chi connectivity index (χ1n) is 9.73. The van der Waals surface area contributed by atoms with Crippen LogP contribution in [0.5, 0.6) is 0 Å². The maximum absolute atomic E-state index is 13.1. The molecule has 0 fully saturated rings. The van der Waals surface area contributed by atoms with E-state index in [9.17, 15) is 9.59 Å². The molecule has 0 heterocycles. The van der Waals surface area contributed by atoms with E-state index in [1.54, 1.807) is 24.3 Å². The van der Waals surface area contributed by atoms with Crippen LogP contribution in [-0.2, 0) is 9.59 Å². The summed E-state index contributed by atoms with van der Waals surface area (Å²) in [5.74, 6) is -0.115. The molecule has 2 amide bonds. The second kappa shape index (κ2) is 10.9. The van der Waals surface area contributed by atoms with Gasteiger partial charge in [-0.25, -0.2) is 0 Å². The maximum atomic E-state index is 13.1. The Hall–Kier alpha value is -2.76. The zero-order chi connectivity index (χ0) is 21.3. The smallest absolute Gasteiger partial charge is 0.242 e. The van der Waals surface area contributed by atoms with E-state index in [2.05, 4.69) is 10.6 Å². The molecular formula is C24H23ClN2O2S. The van der Waals surface area contributed by atoms with E-state index in [1.807, 2.05) is 61.5 Å². The van der Waals surface area contributed by atoms with E-state index >= 15 is 0 Å². The number of halogens is 1. The molecule has 3 rings (SSSR count). The molecule has 0 saturated carbocycles. The Morgan fingerprint density at radius 3 is 2.10 bits per heavy atom. The maximum Gasteiger partial charge on any atom is 0.242 e. The minimum Gasteiger partial charge on any atom is -0.326 e. The first-order valence-corrected chi connectivity index (χ1v) is 11.0. The molecule has 0 spiro atoms. The van der Waals surface area contributed by atoms with Crippen molar-refractivity contribution in [3.05, 3.63) is 89.4 Å². The van der Waals surface area contributed by atoms with Gasteiger partial charge >= 0.3 is 0 Å². The van der Waals surface area contributed by atoms with Gasteiger partial charge in [-0.05, 0) is 60.5 Å². The van der Waals surface area contributed by atoms with Crippen LogP contribution in [-0.4, -0.2) is 11.8 Å².